The monoisotopic (exact) mass is 426 g/mol. The van der Waals surface area contributed by atoms with Crippen molar-refractivity contribution in [1.29, 1.82) is 0 Å². The molecule has 0 aromatic carbocycles. The molecule has 0 saturated heterocycles. The highest BCUT2D eigenvalue weighted by Crippen LogP contribution is 2.72. The molecule has 2 saturated carbocycles. The lowest BCUT2D eigenvalue weighted by Crippen LogP contribution is -2.55. The van der Waals surface area contributed by atoms with Crippen molar-refractivity contribution in [2.45, 2.75) is 126 Å². The van der Waals surface area contributed by atoms with E-state index in [1.165, 1.54) is 63.4 Å². The lowest BCUT2D eigenvalue weighted by atomic mass is 9.43. The molecule has 1 nitrogen and oxygen atoms in total. The number of rotatable bonds is 4. The molecule has 31 heavy (non-hydrogen) atoms. The second-order valence-electron chi connectivity index (χ2n) is 13.6. The molecule has 4 aliphatic rings. The SMILES string of the molecule is CC(C)=CCCC(C)C1CCC2(C)C3=C(CCC12C)C1(C)CC[C@H](O)C(C)(C)[C@@H]1CC3. The Labute approximate surface area is 193 Å². The third-order valence-electron chi connectivity index (χ3n) is 11.7. The van der Waals surface area contributed by atoms with E-state index in [1.54, 1.807) is 0 Å². The summed E-state index contributed by atoms with van der Waals surface area (Å²) in [5, 5.41) is 10.8. The molecule has 4 aliphatic carbocycles. The van der Waals surface area contributed by atoms with Crippen LogP contribution < -0.4 is 0 Å². The fourth-order valence-corrected chi connectivity index (χ4v) is 9.47. The minimum Gasteiger partial charge on any atom is -0.393 e. The molecule has 1 N–H and O–H groups in total. The number of allylic oxidation sites excluding steroid dienone is 4. The molecular weight excluding hydrogens is 376 g/mol. The summed E-state index contributed by atoms with van der Waals surface area (Å²) in [6, 6.07) is 0. The molecule has 7 atom stereocenters. The summed E-state index contributed by atoms with van der Waals surface area (Å²) in [6.45, 7) is 19.6. The van der Waals surface area contributed by atoms with Gasteiger partial charge in [-0.1, -0.05) is 64.3 Å². The van der Waals surface area contributed by atoms with Crippen LogP contribution in [0, 0.1) is 39.4 Å². The van der Waals surface area contributed by atoms with Gasteiger partial charge in [-0.3, -0.25) is 0 Å². The number of hydrogen-bond donors (Lipinski definition) is 1. The van der Waals surface area contributed by atoms with Crippen molar-refractivity contribution in [3.05, 3.63) is 22.8 Å². The van der Waals surface area contributed by atoms with Gasteiger partial charge in [-0.25, -0.2) is 0 Å². The molecule has 0 heterocycles. The molecule has 5 unspecified atom stereocenters. The summed E-state index contributed by atoms with van der Waals surface area (Å²) >= 11 is 0. The molecule has 0 spiro atoms. The van der Waals surface area contributed by atoms with Crippen LogP contribution in [0.15, 0.2) is 22.8 Å². The summed E-state index contributed by atoms with van der Waals surface area (Å²) in [5.74, 6) is 2.32. The molecule has 0 radical (unpaired) electrons. The Kier molecular flexibility index (Phi) is 5.90. The van der Waals surface area contributed by atoms with Crippen molar-refractivity contribution >= 4 is 0 Å². The Bertz CT molecular complexity index is 767. The van der Waals surface area contributed by atoms with Crippen LogP contribution in [-0.2, 0) is 0 Å². The molecule has 1 heteroatoms. The van der Waals surface area contributed by atoms with Crippen LogP contribution in [-0.4, -0.2) is 11.2 Å². The molecular formula is C30H50O. The first-order valence-corrected chi connectivity index (χ1v) is 13.4. The predicted molar refractivity (Wildman–Crippen MR) is 133 cm³/mol. The molecule has 176 valence electrons. The van der Waals surface area contributed by atoms with E-state index in [1.807, 2.05) is 11.1 Å². The molecule has 0 amide bonds. The zero-order valence-electron chi connectivity index (χ0n) is 21.9. The highest BCUT2D eigenvalue weighted by atomic mass is 16.3. The Morgan fingerprint density at radius 1 is 0.968 bits per heavy atom. The van der Waals surface area contributed by atoms with Gasteiger partial charge in [0.2, 0.25) is 0 Å². The van der Waals surface area contributed by atoms with Gasteiger partial charge in [-0.15, -0.1) is 0 Å². The topological polar surface area (TPSA) is 20.2 Å². The predicted octanol–water partition coefficient (Wildman–Crippen LogP) is 8.48. The lowest BCUT2D eigenvalue weighted by molar-refractivity contribution is -0.0962. The first-order chi connectivity index (χ1) is 14.4. The summed E-state index contributed by atoms with van der Waals surface area (Å²) in [4.78, 5) is 0. The fraction of sp³-hybridized carbons (Fsp3) is 0.867. The van der Waals surface area contributed by atoms with Gasteiger partial charge in [0.1, 0.15) is 0 Å². The zero-order chi connectivity index (χ0) is 22.8. The minimum atomic E-state index is -0.130. The van der Waals surface area contributed by atoms with E-state index in [4.69, 9.17) is 0 Å². The van der Waals surface area contributed by atoms with Crippen LogP contribution in [0.3, 0.4) is 0 Å². The summed E-state index contributed by atoms with van der Waals surface area (Å²) in [5.41, 5.74) is 6.41. The molecule has 0 aliphatic heterocycles. The highest BCUT2D eigenvalue weighted by molar-refractivity contribution is 5.38. The van der Waals surface area contributed by atoms with E-state index in [0.29, 0.717) is 22.2 Å². The van der Waals surface area contributed by atoms with Crippen molar-refractivity contribution in [1.82, 2.24) is 0 Å². The first kappa shape index (κ1) is 23.6. The lowest BCUT2D eigenvalue weighted by Gasteiger charge is -2.62. The van der Waals surface area contributed by atoms with Gasteiger partial charge in [0.25, 0.3) is 0 Å². The number of fused-ring (bicyclic) bond motifs is 4. The van der Waals surface area contributed by atoms with Gasteiger partial charge in [0.05, 0.1) is 6.10 Å². The molecule has 4 rings (SSSR count). The van der Waals surface area contributed by atoms with Gasteiger partial charge in [0, 0.05) is 0 Å². The quantitative estimate of drug-likeness (QED) is 0.447. The third-order valence-corrected chi connectivity index (χ3v) is 11.7. The Morgan fingerprint density at radius 3 is 2.35 bits per heavy atom. The van der Waals surface area contributed by atoms with Crippen LogP contribution in [0.1, 0.15) is 120 Å². The second kappa shape index (κ2) is 7.75. The Morgan fingerprint density at radius 2 is 1.68 bits per heavy atom. The van der Waals surface area contributed by atoms with Gasteiger partial charge in [-0.05, 0) is 117 Å². The van der Waals surface area contributed by atoms with Crippen LogP contribution in [0.25, 0.3) is 0 Å². The number of aliphatic hydroxyl groups excluding tert-OH is 1. The third kappa shape index (κ3) is 3.34. The van der Waals surface area contributed by atoms with Crippen molar-refractivity contribution in [3.63, 3.8) is 0 Å². The largest absolute Gasteiger partial charge is 0.393 e. The molecule has 2 fully saturated rings. The minimum absolute atomic E-state index is 0.0465. The van der Waals surface area contributed by atoms with Crippen LogP contribution >= 0.6 is 0 Å². The van der Waals surface area contributed by atoms with E-state index in [-0.39, 0.29) is 11.5 Å². The first-order valence-electron chi connectivity index (χ1n) is 13.4. The maximum Gasteiger partial charge on any atom is 0.0594 e. The van der Waals surface area contributed by atoms with Gasteiger partial charge in [0.15, 0.2) is 0 Å². The Balaban J connectivity index is 1.65. The highest BCUT2D eigenvalue weighted by Gasteiger charge is 2.63. The summed E-state index contributed by atoms with van der Waals surface area (Å²) < 4.78 is 0. The normalized spacial score (nSPS) is 44.9. The second-order valence-corrected chi connectivity index (χ2v) is 13.6. The van der Waals surface area contributed by atoms with E-state index in [0.717, 1.165) is 18.3 Å². The molecule has 0 aromatic heterocycles. The van der Waals surface area contributed by atoms with Gasteiger partial charge >= 0.3 is 0 Å². The van der Waals surface area contributed by atoms with E-state index in [2.05, 4.69) is 61.5 Å². The summed E-state index contributed by atoms with van der Waals surface area (Å²) in [6.07, 6.45) is 15.2. The van der Waals surface area contributed by atoms with Crippen LogP contribution in [0.4, 0.5) is 0 Å². The zero-order valence-corrected chi connectivity index (χ0v) is 21.9. The summed E-state index contributed by atoms with van der Waals surface area (Å²) in [7, 11) is 0. The average Bonchev–Trinajstić information content (AvgIpc) is 2.96. The van der Waals surface area contributed by atoms with Crippen molar-refractivity contribution in [3.8, 4) is 0 Å². The Hall–Kier alpha value is -0.560. The van der Waals surface area contributed by atoms with Crippen molar-refractivity contribution < 1.29 is 5.11 Å². The van der Waals surface area contributed by atoms with Crippen molar-refractivity contribution in [2.75, 3.05) is 0 Å². The van der Waals surface area contributed by atoms with E-state index >= 15 is 0 Å². The fourth-order valence-electron chi connectivity index (χ4n) is 9.47. The molecule has 0 bridgehead atoms. The van der Waals surface area contributed by atoms with Crippen molar-refractivity contribution in [2.24, 2.45) is 39.4 Å². The number of hydrogen-bond acceptors (Lipinski definition) is 1. The maximum absolute atomic E-state index is 10.8. The van der Waals surface area contributed by atoms with Crippen LogP contribution in [0.5, 0.6) is 0 Å². The number of aliphatic hydroxyl groups is 1. The molecule has 0 aromatic rings. The van der Waals surface area contributed by atoms with Gasteiger partial charge in [-0.2, -0.15) is 0 Å². The average molecular weight is 427 g/mol. The standard InChI is InChI=1S/C30H50O/c1-20(2)10-9-11-21(3)22-14-18-30(8)24-12-13-25-27(4,5)26(31)16-17-28(25,6)23(24)15-19-29(22,30)7/h10,21-22,25-26,31H,9,11-19H2,1-8H3/t21?,22?,25-,26-,28?,29?,30?/m0/s1. The van der Waals surface area contributed by atoms with E-state index in [9.17, 15) is 5.11 Å². The smallest absolute Gasteiger partial charge is 0.0594 e. The van der Waals surface area contributed by atoms with Gasteiger partial charge < -0.3 is 5.11 Å². The van der Waals surface area contributed by atoms with Crippen LogP contribution in [0.2, 0.25) is 0 Å². The van der Waals surface area contributed by atoms with E-state index < -0.39 is 0 Å². The maximum atomic E-state index is 10.8.